The molecule has 0 saturated carbocycles. The monoisotopic (exact) mass is 342 g/mol. The summed E-state index contributed by atoms with van der Waals surface area (Å²) in [6.07, 6.45) is 0.823. The molecule has 0 radical (unpaired) electrons. The van der Waals surface area contributed by atoms with Crippen molar-refractivity contribution < 1.29 is 13.2 Å². The SMILES string of the molecule is O=C1CN(S(=O)(=O)c2ccccc2)CC2c3ccccc3CCN12. The minimum absolute atomic E-state index is 0.0874. The minimum atomic E-state index is -3.66. The normalized spacial score (nSPS) is 21.2. The summed E-state index contributed by atoms with van der Waals surface area (Å²) >= 11 is 0. The highest BCUT2D eigenvalue weighted by molar-refractivity contribution is 7.89. The van der Waals surface area contributed by atoms with Gasteiger partial charge in [-0.15, -0.1) is 0 Å². The number of sulfonamides is 1. The average molecular weight is 342 g/mol. The van der Waals surface area contributed by atoms with Gasteiger partial charge in [0.15, 0.2) is 0 Å². The van der Waals surface area contributed by atoms with Crippen LogP contribution < -0.4 is 0 Å². The van der Waals surface area contributed by atoms with Gasteiger partial charge < -0.3 is 4.90 Å². The first-order valence-electron chi connectivity index (χ1n) is 8.00. The number of nitrogens with zero attached hydrogens (tertiary/aromatic N) is 2. The second-order valence-corrected chi connectivity index (χ2v) is 8.10. The summed E-state index contributed by atoms with van der Waals surface area (Å²) in [6.45, 7) is 0.871. The van der Waals surface area contributed by atoms with E-state index in [0.29, 0.717) is 13.1 Å². The lowest BCUT2D eigenvalue weighted by Crippen LogP contribution is -2.55. The predicted molar refractivity (Wildman–Crippen MR) is 89.8 cm³/mol. The largest absolute Gasteiger partial charge is 0.333 e. The van der Waals surface area contributed by atoms with Gasteiger partial charge in [-0.05, 0) is 29.7 Å². The van der Waals surface area contributed by atoms with Crippen molar-refractivity contribution in [2.24, 2.45) is 0 Å². The van der Waals surface area contributed by atoms with E-state index in [0.717, 1.165) is 12.0 Å². The van der Waals surface area contributed by atoms with Crippen LogP contribution in [0.25, 0.3) is 0 Å². The highest BCUT2D eigenvalue weighted by atomic mass is 32.2. The molecule has 2 aliphatic heterocycles. The van der Waals surface area contributed by atoms with Crippen LogP contribution >= 0.6 is 0 Å². The molecule has 0 N–H and O–H groups in total. The number of piperazine rings is 1. The van der Waals surface area contributed by atoms with Crippen LogP contribution in [0, 0.1) is 0 Å². The third-order valence-corrected chi connectivity index (χ3v) is 6.63. The van der Waals surface area contributed by atoms with Crippen molar-refractivity contribution in [2.45, 2.75) is 17.4 Å². The number of benzene rings is 2. The molecule has 6 heteroatoms. The molecule has 1 fully saturated rings. The maximum Gasteiger partial charge on any atom is 0.243 e. The third kappa shape index (κ3) is 2.42. The van der Waals surface area contributed by atoms with Crippen LogP contribution in [0.15, 0.2) is 59.5 Å². The number of rotatable bonds is 2. The lowest BCUT2D eigenvalue weighted by Gasteiger charge is -2.44. The van der Waals surface area contributed by atoms with E-state index in [1.165, 1.54) is 9.87 Å². The van der Waals surface area contributed by atoms with E-state index in [-0.39, 0.29) is 23.4 Å². The molecule has 4 rings (SSSR count). The molecule has 124 valence electrons. The first-order chi connectivity index (χ1) is 11.6. The van der Waals surface area contributed by atoms with E-state index in [4.69, 9.17) is 0 Å². The summed E-state index contributed by atoms with van der Waals surface area (Å²) in [5.41, 5.74) is 2.26. The van der Waals surface area contributed by atoms with Crippen LogP contribution in [-0.2, 0) is 21.2 Å². The Balaban J connectivity index is 1.71. The van der Waals surface area contributed by atoms with Crippen LogP contribution in [0.2, 0.25) is 0 Å². The van der Waals surface area contributed by atoms with Crippen molar-refractivity contribution in [3.05, 3.63) is 65.7 Å². The molecule has 0 aliphatic carbocycles. The van der Waals surface area contributed by atoms with Crippen LogP contribution in [0.5, 0.6) is 0 Å². The molecule has 2 aliphatic rings. The Labute approximate surface area is 141 Å². The van der Waals surface area contributed by atoms with Crippen molar-refractivity contribution in [3.8, 4) is 0 Å². The summed E-state index contributed by atoms with van der Waals surface area (Å²) in [5, 5.41) is 0. The van der Waals surface area contributed by atoms with Gasteiger partial charge in [-0.3, -0.25) is 4.79 Å². The van der Waals surface area contributed by atoms with Gasteiger partial charge in [0.25, 0.3) is 0 Å². The Morgan fingerprint density at radius 1 is 0.958 bits per heavy atom. The molecule has 2 aromatic rings. The maximum absolute atomic E-state index is 12.9. The molecule has 2 aromatic carbocycles. The standard InChI is InChI=1S/C18H18N2O3S/c21-18-13-19(24(22,23)15-7-2-1-3-8-15)12-17-16-9-5-4-6-14(16)10-11-20(17)18/h1-9,17H,10-13H2. The van der Waals surface area contributed by atoms with Gasteiger partial charge in [-0.2, -0.15) is 4.31 Å². The Morgan fingerprint density at radius 2 is 1.67 bits per heavy atom. The van der Waals surface area contributed by atoms with E-state index in [1.807, 2.05) is 23.1 Å². The zero-order valence-corrected chi connectivity index (χ0v) is 13.9. The molecule has 1 atom stereocenters. The number of hydrogen-bond acceptors (Lipinski definition) is 3. The third-order valence-electron chi connectivity index (χ3n) is 4.80. The van der Waals surface area contributed by atoms with Crippen molar-refractivity contribution in [1.29, 1.82) is 0 Å². The lowest BCUT2D eigenvalue weighted by molar-refractivity contribution is -0.138. The van der Waals surface area contributed by atoms with Crippen LogP contribution in [-0.4, -0.2) is 43.2 Å². The van der Waals surface area contributed by atoms with E-state index >= 15 is 0 Å². The van der Waals surface area contributed by atoms with Gasteiger partial charge in [0.1, 0.15) is 0 Å². The fourth-order valence-corrected chi connectivity index (χ4v) is 4.99. The number of carbonyl (C=O) groups is 1. The van der Waals surface area contributed by atoms with Gasteiger partial charge in [0.2, 0.25) is 15.9 Å². The zero-order valence-electron chi connectivity index (χ0n) is 13.1. The second-order valence-electron chi connectivity index (χ2n) is 6.16. The molecule has 24 heavy (non-hydrogen) atoms. The van der Waals surface area contributed by atoms with Gasteiger partial charge >= 0.3 is 0 Å². The fourth-order valence-electron chi connectivity index (χ4n) is 3.57. The zero-order chi connectivity index (χ0) is 16.7. The summed E-state index contributed by atoms with van der Waals surface area (Å²) in [6, 6.07) is 16.1. The van der Waals surface area contributed by atoms with E-state index in [2.05, 4.69) is 6.07 Å². The number of hydrogen-bond donors (Lipinski definition) is 0. The second kappa shape index (κ2) is 5.72. The Hall–Kier alpha value is -2.18. The van der Waals surface area contributed by atoms with E-state index < -0.39 is 10.0 Å². The summed E-state index contributed by atoms with van der Waals surface area (Å²) in [5.74, 6) is -0.125. The lowest BCUT2D eigenvalue weighted by atomic mass is 9.91. The molecule has 5 nitrogen and oxygen atoms in total. The minimum Gasteiger partial charge on any atom is -0.333 e. The molecule has 1 amide bonds. The van der Waals surface area contributed by atoms with Crippen LogP contribution in [0.1, 0.15) is 17.2 Å². The van der Waals surface area contributed by atoms with Crippen molar-refractivity contribution in [1.82, 2.24) is 9.21 Å². The maximum atomic E-state index is 12.9. The molecule has 0 bridgehead atoms. The number of carbonyl (C=O) groups excluding carboxylic acids is 1. The number of fused-ring (bicyclic) bond motifs is 3. The quantitative estimate of drug-likeness (QED) is 0.836. The van der Waals surface area contributed by atoms with Gasteiger partial charge in [0, 0.05) is 13.1 Å². The first kappa shape index (κ1) is 15.4. The Kier molecular flexibility index (Phi) is 3.66. The smallest absolute Gasteiger partial charge is 0.243 e. The molecule has 1 saturated heterocycles. The Morgan fingerprint density at radius 3 is 2.46 bits per heavy atom. The highest BCUT2D eigenvalue weighted by Gasteiger charge is 2.41. The van der Waals surface area contributed by atoms with Crippen molar-refractivity contribution >= 4 is 15.9 Å². The average Bonchev–Trinajstić information content (AvgIpc) is 2.62. The molecular formula is C18H18N2O3S. The summed E-state index contributed by atoms with van der Waals surface area (Å²) < 4.78 is 27.1. The summed E-state index contributed by atoms with van der Waals surface area (Å²) in [7, 11) is -3.66. The van der Waals surface area contributed by atoms with Crippen LogP contribution in [0.4, 0.5) is 0 Å². The van der Waals surface area contributed by atoms with Gasteiger partial charge in [-0.25, -0.2) is 8.42 Å². The fraction of sp³-hybridized carbons (Fsp3) is 0.278. The topological polar surface area (TPSA) is 57.7 Å². The van der Waals surface area contributed by atoms with Crippen molar-refractivity contribution in [2.75, 3.05) is 19.6 Å². The summed E-state index contributed by atoms with van der Waals surface area (Å²) in [4.78, 5) is 14.6. The first-order valence-corrected chi connectivity index (χ1v) is 9.44. The molecule has 0 spiro atoms. The molecular weight excluding hydrogens is 324 g/mol. The van der Waals surface area contributed by atoms with E-state index in [1.54, 1.807) is 30.3 Å². The highest BCUT2D eigenvalue weighted by Crippen LogP contribution is 2.34. The number of amides is 1. The van der Waals surface area contributed by atoms with Gasteiger partial charge in [-0.1, -0.05) is 42.5 Å². The molecule has 2 heterocycles. The molecule has 0 aromatic heterocycles. The predicted octanol–water partition coefficient (Wildman–Crippen LogP) is 1.82. The Bertz CT molecular complexity index is 880. The van der Waals surface area contributed by atoms with Gasteiger partial charge in [0.05, 0.1) is 17.5 Å². The van der Waals surface area contributed by atoms with Crippen LogP contribution in [0.3, 0.4) is 0 Å². The van der Waals surface area contributed by atoms with Crippen molar-refractivity contribution in [3.63, 3.8) is 0 Å². The molecule has 1 unspecified atom stereocenters. The van der Waals surface area contributed by atoms with E-state index in [9.17, 15) is 13.2 Å².